The maximum atomic E-state index is 11.2. The van der Waals surface area contributed by atoms with Crippen LogP contribution in [0.15, 0.2) is 42.5 Å². The highest BCUT2D eigenvalue weighted by Gasteiger charge is 2.14. The number of hydrogen-bond donors (Lipinski definition) is 3. The number of nitrogens with zero attached hydrogens (tertiary/aromatic N) is 1. The predicted molar refractivity (Wildman–Crippen MR) is 92.3 cm³/mol. The topological polar surface area (TPSA) is 104 Å². The largest absolute Gasteiger partial charge is 0.387 e. The molecule has 0 spiro atoms. The van der Waals surface area contributed by atoms with Crippen molar-refractivity contribution in [2.75, 3.05) is 17.2 Å². The van der Waals surface area contributed by atoms with Crippen LogP contribution < -0.4 is 10.6 Å². The predicted octanol–water partition coefficient (Wildman–Crippen LogP) is 3.35. The Bertz CT molecular complexity index is 767. The SMILES string of the molecule is C[C@@H](Nc1cccc(NC(=O)CO)c1)c1ccc([N+](=O)[O-])cc1Cl. The molecule has 7 nitrogen and oxygen atoms in total. The van der Waals surface area contributed by atoms with Gasteiger partial charge < -0.3 is 15.7 Å². The van der Waals surface area contributed by atoms with Gasteiger partial charge in [-0.05, 0) is 36.8 Å². The lowest BCUT2D eigenvalue weighted by atomic mass is 10.1. The van der Waals surface area contributed by atoms with E-state index in [1.54, 1.807) is 24.3 Å². The Labute approximate surface area is 143 Å². The molecule has 0 fully saturated rings. The van der Waals surface area contributed by atoms with Crippen molar-refractivity contribution in [1.82, 2.24) is 0 Å². The van der Waals surface area contributed by atoms with Crippen LogP contribution in [0.25, 0.3) is 0 Å². The van der Waals surface area contributed by atoms with Gasteiger partial charge >= 0.3 is 0 Å². The van der Waals surface area contributed by atoms with E-state index < -0.39 is 17.4 Å². The second-order valence-corrected chi connectivity index (χ2v) is 5.52. The zero-order valence-corrected chi connectivity index (χ0v) is 13.6. The molecule has 0 aliphatic carbocycles. The number of aliphatic hydroxyl groups excluding tert-OH is 1. The van der Waals surface area contributed by atoms with Crippen LogP contribution >= 0.6 is 11.6 Å². The maximum absolute atomic E-state index is 11.2. The Morgan fingerprint density at radius 1 is 1.29 bits per heavy atom. The van der Waals surface area contributed by atoms with Gasteiger partial charge in [0, 0.05) is 29.5 Å². The fourth-order valence-corrected chi connectivity index (χ4v) is 2.53. The highest BCUT2D eigenvalue weighted by Crippen LogP contribution is 2.29. The van der Waals surface area contributed by atoms with E-state index in [4.69, 9.17) is 16.7 Å². The van der Waals surface area contributed by atoms with Crippen molar-refractivity contribution in [2.45, 2.75) is 13.0 Å². The normalized spacial score (nSPS) is 11.6. The van der Waals surface area contributed by atoms with Gasteiger partial charge in [-0.1, -0.05) is 17.7 Å². The summed E-state index contributed by atoms with van der Waals surface area (Å²) in [6, 6.07) is 11.1. The summed E-state index contributed by atoms with van der Waals surface area (Å²) >= 11 is 6.12. The molecule has 2 aromatic rings. The minimum atomic E-state index is -0.591. The Morgan fingerprint density at radius 3 is 2.62 bits per heavy atom. The number of hydrogen-bond acceptors (Lipinski definition) is 5. The van der Waals surface area contributed by atoms with Crippen LogP contribution in [0.5, 0.6) is 0 Å². The monoisotopic (exact) mass is 349 g/mol. The van der Waals surface area contributed by atoms with E-state index in [1.807, 2.05) is 13.0 Å². The molecule has 0 bridgehead atoms. The minimum Gasteiger partial charge on any atom is -0.387 e. The molecule has 0 unspecified atom stereocenters. The number of nitro benzene ring substituents is 1. The van der Waals surface area contributed by atoms with Crippen LogP contribution in [-0.2, 0) is 4.79 Å². The number of carbonyl (C=O) groups excluding carboxylic acids is 1. The number of anilines is 2. The molecule has 1 amide bonds. The summed E-state index contributed by atoms with van der Waals surface area (Å²) in [5.74, 6) is -0.501. The molecule has 0 saturated carbocycles. The second kappa shape index (κ2) is 7.76. The average molecular weight is 350 g/mol. The second-order valence-electron chi connectivity index (χ2n) is 5.12. The van der Waals surface area contributed by atoms with Crippen molar-refractivity contribution >= 4 is 34.6 Å². The van der Waals surface area contributed by atoms with Gasteiger partial charge in [-0.3, -0.25) is 14.9 Å². The van der Waals surface area contributed by atoms with E-state index in [9.17, 15) is 14.9 Å². The fourth-order valence-electron chi connectivity index (χ4n) is 2.20. The Hall–Kier alpha value is -2.64. The van der Waals surface area contributed by atoms with E-state index in [-0.39, 0.29) is 11.7 Å². The van der Waals surface area contributed by atoms with E-state index in [0.29, 0.717) is 16.3 Å². The first-order valence-electron chi connectivity index (χ1n) is 7.12. The summed E-state index contributed by atoms with van der Waals surface area (Å²) < 4.78 is 0. The standard InChI is InChI=1S/C16H16ClN3O4/c1-10(14-6-5-13(20(23)24)8-15(14)17)18-11-3-2-4-12(7-11)19-16(22)9-21/h2-8,10,18,21H,9H2,1H3,(H,19,22)/t10-/m1/s1. The van der Waals surface area contributed by atoms with Gasteiger partial charge in [-0.2, -0.15) is 0 Å². The number of amides is 1. The molecular weight excluding hydrogens is 334 g/mol. The van der Waals surface area contributed by atoms with Crippen LogP contribution in [0.3, 0.4) is 0 Å². The van der Waals surface area contributed by atoms with Gasteiger partial charge in [0.25, 0.3) is 5.69 Å². The van der Waals surface area contributed by atoms with Crippen LogP contribution in [0.4, 0.5) is 17.1 Å². The lowest BCUT2D eigenvalue weighted by Gasteiger charge is -2.17. The number of rotatable bonds is 6. The molecule has 2 rings (SSSR count). The number of nitro groups is 1. The lowest BCUT2D eigenvalue weighted by molar-refractivity contribution is -0.384. The molecule has 8 heteroatoms. The molecule has 0 aromatic heterocycles. The summed E-state index contributed by atoms with van der Waals surface area (Å²) in [6.07, 6.45) is 0. The molecule has 0 heterocycles. The average Bonchev–Trinajstić information content (AvgIpc) is 2.54. The Morgan fingerprint density at radius 2 is 2.00 bits per heavy atom. The zero-order chi connectivity index (χ0) is 17.7. The molecule has 0 saturated heterocycles. The molecule has 3 N–H and O–H groups in total. The molecule has 0 aliphatic heterocycles. The summed E-state index contributed by atoms with van der Waals surface area (Å²) in [5, 5.41) is 25.6. The molecule has 2 aromatic carbocycles. The third kappa shape index (κ3) is 4.43. The number of non-ortho nitro benzene ring substituents is 1. The summed E-state index contributed by atoms with van der Waals surface area (Å²) in [7, 11) is 0. The quantitative estimate of drug-likeness (QED) is 0.548. The summed E-state index contributed by atoms with van der Waals surface area (Å²) in [6.45, 7) is 1.28. The number of nitrogens with one attached hydrogen (secondary N) is 2. The number of halogens is 1. The first kappa shape index (κ1) is 17.7. The van der Waals surface area contributed by atoms with Crippen LogP contribution in [-0.4, -0.2) is 22.5 Å². The Kier molecular flexibility index (Phi) is 5.73. The molecule has 0 aliphatic rings. The molecule has 1 atom stereocenters. The first-order chi connectivity index (χ1) is 11.4. The van der Waals surface area contributed by atoms with Gasteiger partial charge in [0.05, 0.1) is 9.95 Å². The van der Waals surface area contributed by atoms with Crippen molar-refractivity contribution in [3.8, 4) is 0 Å². The van der Waals surface area contributed by atoms with Gasteiger partial charge in [0.1, 0.15) is 6.61 Å². The fraction of sp³-hybridized carbons (Fsp3) is 0.188. The number of aliphatic hydroxyl groups is 1. The van der Waals surface area contributed by atoms with Crippen molar-refractivity contribution < 1.29 is 14.8 Å². The van der Waals surface area contributed by atoms with Crippen molar-refractivity contribution in [2.24, 2.45) is 0 Å². The lowest BCUT2D eigenvalue weighted by Crippen LogP contribution is -2.15. The highest BCUT2D eigenvalue weighted by atomic mass is 35.5. The van der Waals surface area contributed by atoms with Crippen molar-refractivity contribution in [3.63, 3.8) is 0 Å². The third-order valence-corrected chi connectivity index (χ3v) is 3.66. The van der Waals surface area contributed by atoms with Crippen LogP contribution in [0.1, 0.15) is 18.5 Å². The third-order valence-electron chi connectivity index (χ3n) is 3.33. The molecule has 126 valence electrons. The molecule has 24 heavy (non-hydrogen) atoms. The zero-order valence-electron chi connectivity index (χ0n) is 12.8. The smallest absolute Gasteiger partial charge is 0.270 e. The molecule has 0 radical (unpaired) electrons. The molecular formula is C16H16ClN3O4. The van der Waals surface area contributed by atoms with E-state index in [2.05, 4.69) is 10.6 Å². The van der Waals surface area contributed by atoms with Gasteiger partial charge in [0.15, 0.2) is 0 Å². The van der Waals surface area contributed by atoms with Gasteiger partial charge in [-0.25, -0.2) is 0 Å². The van der Waals surface area contributed by atoms with E-state index >= 15 is 0 Å². The van der Waals surface area contributed by atoms with E-state index in [1.165, 1.54) is 12.1 Å². The van der Waals surface area contributed by atoms with Gasteiger partial charge in [0.2, 0.25) is 5.91 Å². The van der Waals surface area contributed by atoms with Crippen molar-refractivity contribution in [1.29, 1.82) is 0 Å². The van der Waals surface area contributed by atoms with Crippen LogP contribution in [0, 0.1) is 10.1 Å². The number of benzene rings is 2. The highest BCUT2D eigenvalue weighted by molar-refractivity contribution is 6.31. The van der Waals surface area contributed by atoms with Crippen molar-refractivity contribution in [3.05, 3.63) is 63.2 Å². The van der Waals surface area contributed by atoms with Gasteiger partial charge in [-0.15, -0.1) is 0 Å². The minimum absolute atomic E-state index is 0.0651. The van der Waals surface area contributed by atoms with Crippen LogP contribution in [0.2, 0.25) is 5.02 Å². The Balaban J connectivity index is 2.15. The maximum Gasteiger partial charge on any atom is 0.270 e. The number of carbonyl (C=O) groups is 1. The van der Waals surface area contributed by atoms with E-state index in [0.717, 1.165) is 5.69 Å². The summed E-state index contributed by atoms with van der Waals surface area (Å²) in [5.41, 5.74) is 1.92. The first-order valence-corrected chi connectivity index (χ1v) is 7.49. The summed E-state index contributed by atoms with van der Waals surface area (Å²) in [4.78, 5) is 21.5.